The average Bonchev–Trinajstić information content (AvgIpc) is 2.79. The Balaban J connectivity index is 1.97. The van der Waals surface area contributed by atoms with Gasteiger partial charge in [-0.25, -0.2) is 26.5 Å². The fraction of sp³-hybridized carbons (Fsp3) is 0.462. The maximum atomic E-state index is 11.8. The van der Waals surface area contributed by atoms with Crippen molar-refractivity contribution in [2.45, 2.75) is 19.9 Å². The third-order valence-corrected chi connectivity index (χ3v) is 5.59. The molecule has 0 saturated heterocycles. The predicted molar refractivity (Wildman–Crippen MR) is 84.9 cm³/mol. The van der Waals surface area contributed by atoms with Gasteiger partial charge in [-0.05, 0) is 25.5 Å². The topological polar surface area (TPSA) is 97.6 Å². The third-order valence-electron chi connectivity index (χ3n) is 3.15. The van der Waals surface area contributed by atoms with Crippen LogP contribution in [0.15, 0.2) is 24.4 Å². The van der Waals surface area contributed by atoms with Gasteiger partial charge < -0.3 is 4.40 Å². The molecule has 122 valence electrons. The first kappa shape index (κ1) is 16.9. The van der Waals surface area contributed by atoms with E-state index < -0.39 is 19.9 Å². The zero-order valence-electron chi connectivity index (χ0n) is 12.5. The molecule has 0 unspecified atom stereocenters. The number of aromatic nitrogens is 2. The van der Waals surface area contributed by atoms with E-state index in [1.54, 1.807) is 6.20 Å². The minimum atomic E-state index is -3.51. The fourth-order valence-corrected chi connectivity index (χ4v) is 3.94. The highest BCUT2D eigenvalue weighted by atomic mass is 32.2. The van der Waals surface area contributed by atoms with Gasteiger partial charge >= 0.3 is 0 Å². The van der Waals surface area contributed by atoms with Crippen molar-refractivity contribution in [1.82, 2.24) is 14.1 Å². The molecular weight excluding hydrogens is 326 g/mol. The van der Waals surface area contributed by atoms with Crippen molar-refractivity contribution in [3.05, 3.63) is 35.8 Å². The largest absolute Gasteiger partial charge is 0.304 e. The summed E-state index contributed by atoms with van der Waals surface area (Å²) < 4.78 is 50.0. The number of sulfone groups is 1. The van der Waals surface area contributed by atoms with Gasteiger partial charge in [-0.1, -0.05) is 6.07 Å². The van der Waals surface area contributed by atoms with Crippen molar-refractivity contribution in [3.63, 3.8) is 0 Å². The molecule has 0 saturated carbocycles. The second-order valence-electron chi connectivity index (χ2n) is 5.25. The van der Waals surface area contributed by atoms with Gasteiger partial charge in [0.05, 0.1) is 23.7 Å². The van der Waals surface area contributed by atoms with Crippen LogP contribution in [0.4, 0.5) is 0 Å². The summed E-state index contributed by atoms with van der Waals surface area (Å²) in [6.07, 6.45) is 2.95. The summed E-state index contributed by atoms with van der Waals surface area (Å²) in [6, 6.07) is 5.67. The van der Waals surface area contributed by atoms with E-state index in [0.717, 1.165) is 17.6 Å². The van der Waals surface area contributed by atoms with Gasteiger partial charge in [0.25, 0.3) is 0 Å². The number of rotatable bonds is 7. The van der Waals surface area contributed by atoms with Crippen molar-refractivity contribution >= 4 is 25.5 Å². The Bertz CT molecular complexity index is 870. The molecule has 0 aliphatic carbocycles. The molecule has 0 amide bonds. The van der Waals surface area contributed by atoms with Crippen LogP contribution in [0.5, 0.6) is 0 Å². The molecular formula is C13H19N3O4S2. The number of hydrogen-bond donors (Lipinski definition) is 1. The van der Waals surface area contributed by atoms with E-state index in [9.17, 15) is 16.8 Å². The average molecular weight is 345 g/mol. The highest BCUT2D eigenvalue weighted by Gasteiger charge is 2.13. The van der Waals surface area contributed by atoms with E-state index in [0.29, 0.717) is 5.69 Å². The van der Waals surface area contributed by atoms with Gasteiger partial charge in [0.2, 0.25) is 10.0 Å². The van der Waals surface area contributed by atoms with Crippen LogP contribution >= 0.6 is 0 Å². The van der Waals surface area contributed by atoms with Gasteiger partial charge in [-0.3, -0.25) is 0 Å². The lowest BCUT2D eigenvalue weighted by Gasteiger charge is -2.04. The third kappa shape index (κ3) is 4.79. The lowest BCUT2D eigenvalue weighted by molar-refractivity contribution is 0.578. The maximum absolute atomic E-state index is 11.8. The molecule has 0 radical (unpaired) electrons. The Kier molecular flexibility index (Phi) is 4.88. The van der Waals surface area contributed by atoms with Crippen molar-refractivity contribution in [2.75, 3.05) is 17.8 Å². The van der Waals surface area contributed by atoms with Crippen LogP contribution in [0.2, 0.25) is 0 Å². The number of sulfonamides is 1. The molecule has 9 heteroatoms. The molecule has 22 heavy (non-hydrogen) atoms. The van der Waals surface area contributed by atoms with Gasteiger partial charge in [0.15, 0.2) is 0 Å². The molecule has 0 aliphatic heterocycles. The van der Waals surface area contributed by atoms with Gasteiger partial charge in [-0.15, -0.1) is 0 Å². The molecule has 0 aliphatic rings. The SMILES string of the molecule is Cc1cccc2nc(CNS(=O)(=O)CCCS(C)(=O)=O)cn12. The van der Waals surface area contributed by atoms with Crippen LogP contribution in [-0.2, 0) is 26.4 Å². The maximum Gasteiger partial charge on any atom is 0.211 e. The molecule has 2 rings (SSSR count). The summed E-state index contributed by atoms with van der Waals surface area (Å²) in [6.45, 7) is 2.02. The fourth-order valence-electron chi connectivity index (χ4n) is 2.05. The number of pyridine rings is 1. The smallest absolute Gasteiger partial charge is 0.211 e. The molecule has 7 nitrogen and oxygen atoms in total. The highest BCUT2D eigenvalue weighted by Crippen LogP contribution is 2.08. The normalized spacial score (nSPS) is 12.8. The Morgan fingerprint density at radius 2 is 1.91 bits per heavy atom. The lowest BCUT2D eigenvalue weighted by Crippen LogP contribution is -2.27. The van der Waals surface area contributed by atoms with Crippen molar-refractivity contribution in [3.8, 4) is 0 Å². The van der Waals surface area contributed by atoms with E-state index in [-0.39, 0.29) is 24.5 Å². The molecule has 2 heterocycles. The quantitative estimate of drug-likeness (QED) is 0.788. The molecule has 2 aromatic rings. The van der Waals surface area contributed by atoms with Crippen LogP contribution < -0.4 is 4.72 Å². The standard InChI is InChI=1S/C13H19N3O4S2/c1-11-5-3-6-13-15-12(10-16(11)13)9-14-22(19,20)8-4-7-21(2,17)18/h3,5-6,10,14H,4,7-9H2,1-2H3. The molecule has 1 N–H and O–H groups in total. The molecule has 0 atom stereocenters. The first-order chi connectivity index (χ1) is 10.2. The first-order valence-electron chi connectivity index (χ1n) is 6.75. The predicted octanol–water partition coefficient (Wildman–Crippen LogP) is 0.497. The summed E-state index contributed by atoms with van der Waals surface area (Å²) in [7, 11) is -6.66. The van der Waals surface area contributed by atoms with Crippen LogP contribution in [0.25, 0.3) is 5.65 Å². The Labute approximate surface area is 130 Å². The molecule has 2 aromatic heterocycles. The number of imidazole rings is 1. The summed E-state index contributed by atoms with van der Waals surface area (Å²) in [4.78, 5) is 4.34. The number of aryl methyl sites for hydroxylation is 1. The van der Waals surface area contributed by atoms with Crippen molar-refractivity contribution in [2.24, 2.45) is 0 Å². The Morgan fingerprint density at radius 3 is 2.55 bits per heavy atom. The summed E-state index contributed by atoms with van der Waals surface area (Å²) in [5, 5.41) is 0. The molecule has 0 spiro atoms. The summed E-state index contributed by atoms with van der Waals surface area (Å²) in [5.74, 6) is -0.353. The Morgan fingerprint density at radius 1 is 1.18 bits per heavy atom. The number of nitrogens with zero attached hydrogens (tertiary/aromatic N) is 2. The van der Waals surface area contributed by atoms with Crippen molar-refractivity contribution < 1.29 is 16.8 Å². The van der Waals surface area contributed by atoms with E-state index >= 15 is 0 Å². The van der Waals surface area contributed by atoms with Crippen LogP contribution in [-0.4, -0.2) is 44.0 Å². The van der Waals surface area contributed by atoms with Crippen LogP contribution in [0.3, 0.4) is 0 Å². The lowest BCUT2D eigenvalue weighted by atomic mass is 10.4. The zero-order chi connectivity index (χ0) is 16.4. The van der Waals surface area contributed by atoms with E-state index in [2.05, 4.69) is 9.71 Å². The van der Waals surface area contributed by atoms with Crippen LogP contribution in [0.1, 0.15) is 17.8 Å². The van der Waals surface area contributed by atoms with E-state index in [1.165, 1.54) is 0 Å². The second kappa shape index (κ2) is 6.35. The second-order valence-corrected chi connectivity index (χ2v) is 9.44. The van der Waals surface area contributed by atoms with Crippen molar-refractivity contribution in [1.29, 1.82) is 0 Å². The highest BCUT2D eigenvalue weighted by molar-refractivity contribution is 7.91. The summed E-state index contributed by atoms with van der Waals surface area (Å²) in [5.41, 5.74) is 2.37. The first-order valence-corrected chi connectivity index (χ1v) is 10.5. The number of hydrogen-bond acceptors (Lipinski definition) is 5. The number of nitrogens with one attached hydrogen (secondary N) is 1. The monoisotopic (exact) mass is 345 g/mol. The van der Waals surface area contributed by atoms with Gasteiger partial charge in [0.1, 0.15) is 15.5 Å². The zero-order valence-corrected chi connectivity index (χ0v) is 14.1. The molecule has 0 aromatic carbocycles. The minimum absolute atomic E-state index is 0.0818. The molecule has 0 fully saturated rings. The van der Waals surface area contributed by atoms with Gasteiger partial charge in [-0.2, -0.15) is 0 Å². The van der Waals surface area contributed by atoms with E-state index in [1.807, 2.05) is 29.5 Å². The molecule has 0 bridgehead atoms. The van der Waals surface area contributed by atoms with E-state index in [4.69, 9.17) is 0 Å². The summed E-state index contributed by atoms with van der Waals surface area (Å²) >= 11 is 0. The van der Waals surface area contributed by atoms with Gasteiger partial charge in [0, 0.05) is 18.1 Å². The van der Waals surface area contributed by atoms with Crippen LogP contribution in [0, 0.1) is 6.92 Å². The Hall–Kier alpha value is -1.45. The minimum Gasteiger partial charge on any atom is -0.304 e. The number of fused-ring (bicyclic) bond motifs is 1.